The van der Waals surface area contributed by atoms with Gasteiger partial charge in [0.15, 0.2) is 9.84 Å². The van der Waals surface area contributed by atoms with Crippen molar-refractivity contribution >= 4 is 27.3 Å². The zero-order valence-corrected chi connectivity index (χ0v) is 13.3. The van der Waals surface area contributed by atoms with Crippen molar-refractivity contribution in [3.8, 4) is 0 Å². The van der Waals surface area contributed by atoms with Crippen LogP contribution in [0.4, 0.5) is 0 Å². The van der Waals surface area contributed by atoms with Crippen LogP contribution in [0.1, 0.15) is 46.0 Å². The summed E-state index contributed by atoms with van der Waals surface area (Å²) < 4.78 is 23.6. The summed E-state index contributed by atoms with van der Waals surface area (Å²) in [5.74, 6) is 0.100. The van der Waals surface area contributed by atoms with Gasteiger partial charge in [0, 0.05) is 6.54 Å². The van der Waals surface area contributed by atoms with Crippen molar-refractivity contribution < 1.29 is 13.2 Å². The molecule has 0 aliphatic carbocycles. The van der Waals surface area contributed by atoms with Gasteiger partial charge < -0.3 is 5.32 Å². The first-order valence-corrected chi connectivity index (χ1v) is 9.20. The number of carbonyl (C=O) groups is 1. The van der Waals surface area contributed by atoms with Crippen LogP contribution in [-0.4, -0.2) is 37.2 Å². The molecule has 0 aromatic heterocycles. The van der Waals surface area contributed by atoms with E-state index in [4.69, 9.17) is 11.6 Å². The molecule has 4 nitrogen and oxygen atoms in total. The fraction of sp³-hybridized carbons (Fsp3) is 0.923. The van der Waals surface area contributed by atoms with Crippen molar-refractivity contribution in [3.05, 3.63) is 0 Å². The maximum atomic E-state index is 12.0. The molecule has 1 N–H and O–H groups in total. The molecule has 0 aromatic rings. The van der Waals surface area contributed by atoms with E-state index in [-0.39, 0.29) is 17.0 Å². The SMILES string of the molecule is CCC(CC)C(Cl)CNC(=O)C1CCCCS1(=O)=O. The van der Waals surface area contributed by atoms with E-state index < -0.39 is 15.1 Å². The molecule has 1 amide bonds. The van der Waals surface area contributed by atoms with Crippen LogP contribution in [0.5, 0.6) is 0 Å². The third kappa shape index (κ3) is 4.63. The van der Waals surface area contributed by atoms with Gasteiger partial charge in [-0.3, -0.25) is 4.79 Å². The summed E-state index contributed by atoms with van der Waals surface area (Å²) in [5, 5.41) is 1.70. The molecule has 19 heavy (non-hydrogen) atoms. The number of amides is 1. The van der Waals surface area contributed by atoms with Gasteiger partial charge in [0.25, 0.3) is 0 Å². The summed E-state index contributed by atoms with van der Waals surface area (Å²) in [5.41, 5.74) is 0. The molecule has 1 aliphatic heterocycles. The molecule has 2 unspecified atom stereocenters. The number of rotatable bonds is 6. The van der Waals surface area contributed by atoms with Crippen molar-refractivity contribution in [2.24, 2.45) is 5.92 Å². The number of hydrogen-bond donors (Lipinski definition) is 1. The lowest BCUT2D eigenvalue weighted by molar-refractivity contribution is -0.120. The lowest BCUT2D eigenvalue weighted by atomic mass is 9.99. The van der Waals surface area contributed by atoms with Crippen molar-refractivity contribution in [1.82, 2.24) is 5.32 Å². The van der Waals surface area contributed by atoms with E-state index in [0.717, 1.165) is 19.3 Å². The fourth-order valence-electron chi connectivity index (χ4n) is 2.53. The highest BCUT2D eigenvalue weighted by Crippen LogP contribution is 2.21. The average Bonchev–Trinajstić information content (AvgIpc) is 2.37. The van der Waals surface area contributed by atoms with E-state index in [1.165, 1.54) is 0 Å². The Balaban J connectivity index is 2.51. The van der Waals surface area contributed by atoms with Crippen LogP contribution in [0.3, 0.4) is 0 Å². The molecule has 0 aromatic carbocycles. The highest BCUT2D eigenvalue weighted by molar-refractivity contribution is 7.92. The first-order valence-electron chi connectivity index (χ1n) is 7.05. The van der Waals surface area contributed by atoms with Crippen LogP contribution in [-0.2, 0) is 14.6 Å². The van der Waals surface area contributed by atoms with Crippen LogP contribution in [0.15, 0.2) is 0 Å². The third-order valence-electron chi connectivity index (χ3n) is 3.90. The number of sulfone groups is 1. The predicted molar refractivity (Wildman–Crippen MR) is 78.1 cm³/mol. The molecule has 6 heteroatoms. The van der Waals surface area contributed by atoms with Crippen LogP contribution >= 0.6 is 11.6 Å². The molecule has 1 aliphatic rings. The minimum atomic E-state index is -3.26. The normalized spacial score (nSPS) is 24.1. The Kier molecular flexibility index (Phi) is 6.60. The standard InChI is InChI=1S/C13H24ClNO3S/c1-3-10(4-2)11(14)9-15-13(16)12-7-5-6-8-19(12,17)18/h10-12H,3-9H2,1-2H3,(H,15,16). The maximum Gasteiger partial charge on any atom is 0.238 e. The lowest BCUT2D eigenvalue weighted by Gasteiger charge is -2.24. The van der Waals surface area contributed by atoms with Crippen molar-refractivity contribution in [3.63, 3.8) is 0 Å². The molecule has 1 heterocycles. The van der Waals surface area contributed by atoms with Crippen molar-refractivity contribution in [2.45, 2.75) is 56.6 Å². The molecule has 0 saturated carbocycles. The molecule has 0 radical (unpaired) electrons. The largest absolute Gasteiger partial charge is 0.353 e. The molecular formula is C13H24ClNO3S. The topological polar surface area (TPSA) is 63.2 Å². The molecule has 0 spiro atoms. The Hall–Kier alpha value is -0.290. The summed E-state index contributed by atoms with van der Waals surface area (Å²) in [4.78, 5) is 12.0. The van der Waals surface area contributed by atoms with Crippen LogP contribution in [0.25, 0.3) is 0 Å². The highest BCUT2D eigenvalue weighted by atomic mass is 35.5. The maximum absolute atomic E-state index is 12.0. The van der Waals surface area contributed by atoms with Gasteiger partial charge in [-0.25, -0.2) is 8.42 Å². The molecule has 112 valence electrons. The second-order valence-electron chi connectivity index (χ2n) is 5.19. The number of halogens is 1. The van der Waals surface area contributed by atoms with E-state index in [1.807, 2.05) is 0 Å². The summed E-state index contributed by atoms with van der Waals surface area (Å²) in [6.07, 6.45) is 3.82. The Morgan fingerprint density at radius 2 is 1.95 bits per heavy atom. The predicted octanol–water partition coefficient (Wildman–Crippen LogP) is 2.11. The zero-order valence-electron chi connectivity index (χ0n) is 11.7. The first-order chi connectivity index (χ1) is 8.92. The van der Waals surface area contributed by atoms with E-state index in [1.54, 1.807) is 0 Å². The van der Waals surface area contributed by atoms with Gasteiger partial charge in [0.2, 0.25) is 5.91 Å². The van der Waals surface area contributed by atoms with Gasteiger partial charge >= 0.3 is 0 Å². The van der Waals surface area contributed by atoms with Gasteiger partial charge in [-0.05, 0) is 18.8 Å². The molecule has 2 atom stereocenters. The minimum absolute atomic E-state index is 0.127. The molecule has 1 saturated heterocycles. The van der Waals surface area contributed by atoms with Gasteiger partial charge in [0.05, 0.1) is 11.1 Å². The highest BCUT2D eigenvalue weighted by Gasteiger charge is 2.34. The second kappa shape index (κ2) is 7.48. The zero-order chi connectivity index (χ0) is 14.5. The summed E-state index contributed by atoms with van der Waals surface area (Å²) in [6, 6.07) is 0. The van der Waals surface area contributed by atoms with Gasteiger partial charge in [-0.1, -0.05) is 33.1 Å². The number of nitrogens with one attached hydrogen (secondary N) is 1. The fourth-order valence-corrected chi connectivity index (χ4v) is 4.79. The van der Waals surface area contributed by atoms with Crippen molar-refractivity contribution in [1.29, 1.82) is 0 Å². The number of carbonyl (C=O) groups excluding carboxylic acids is 1. The Morgan fingerprint density at radius 1 is 1.32 bits per heavy atom. The van der Waals surface area contributed by atoms with E-state index in [0.29, 0.717) is 25.3 Å². The summed E-state index contributed by atoms with van der Waals surface area (Å²) in [7, 11) is -3.26. The van der Waals surface area contributed by atoms with E-state index >= 15 is 0 Å². The average molecular weight is 310 g/mol. The van der Waals surface area contributed by atoms with Crippen LogP contribution in [0, 0.1) is 5.92 Å². The monoisotopic (exact) mass is 309 g/mol. The van der Waals surface area contributed by atoms with E-state index in [2.05, 4.69) is 19.2 Å². The summed E-state index contributed by atoms with van der Waals surface area (Å²) in [6.45, 7) is 4.48. The lowest BCUT2D eigenvalue weighted by Crippen LogP contribution is -2.45. The second-order valence-corrected chi connectivity index (χ2v) is 8.05. The third-order valence-corrected chi connectivity index (χ3v) is 6.59. The molecule has 0 bridgehead atoms. The Labute approximate surface area is 121 Å². The quantitative estimate of drug-likeness (QED) is 0.764. The number of hydrogen-bond acceptors (Lipinski definition) is 3. The van der Waals surface area contributed by atoms with Gasteiger partial charge in [0.1, 0.15) is 5.25 Å². The Bertz CT molecular complexity index is 393. The van der Waals surface area contributed by atoms with Gasteiger partial charge in [-0.2, -0.15) is 0 Å². The smallest absolute Gasteiger partial charge is 0.238 e. The minimum Gasteiger partial charge on any atom is -0.353 e. The van der Waals surface area contributed by atoms with Gasteiger partial charge in [-0.15, -0.1) is 11.6 Å². The molecule has 1 fully saturated rings. The summed E-state index contributed by atoms with van der Waals surface area (Å²) >= 11 is 6.24. The number of alkyl halides is 1. The van der Waals surface area contributed by atoms with Crippen LogP contribution in [0.2, 0.25) is 0 Å². The van der Waals surface area contributed by atoms with E-state index in [9.17, 15) is 13.2 Å². The molecular weight excluding hydrogens is 286 g/mol. The first kappa shape index (κ1) is 16.8. The Morgan fingerprint density at radius 3 is 2.47 bits per heavy atom. The van der Waals surface area contributed by atoms with Crippen LogP contribution < -0.4 is 5.32 Å². The molecule has 1 rings (SSSR count). The van der Waals surface area contributed by atoms with Crippen molar-refractivity contribution in [2.75, 3.05) is 12.3 Å².